The summed E-state index contributed by atoms with van der Waals surface area (Å²) in [5.41, 5.74) is 3.77. The number of fused-ring (bicyclic) bond motifs is 1. The maximum Gasteiger partial charge on any atom is 0.422 e. The molecule has 1 unspecified atom stereocenters. The summed E-state index contributed by atoms with van der Waals surface area (Å²) in [6.07, 6.45) is 5.66. The highest BCUT2D eigenvalue weighted by Gasteiger charge is 2.30. The molecule has 1 saturated heterocycles. The van der Waals surface area contributed by atoms with Crippen LogP contribution in [0.1, 0.15) is 61.3 Å². The minimum atomic E-state index is -1.10. The van der Waals surface area contributed by atoms with E-state index in [-0.39, 0.29) is 17.3 Å². The molecule has 4 rings (SSSR count). The van der Waals surface area contributed by atoms with Crippen LogP contribution in [0.15, 0.2) is 30.7 Å². The SMILES string of the molecule is CN(CCc1ncc(F)cc1C1CCCN1c1ccn2ncc(C(=O)O)c2n1)NC(=O)OC(C)(C)C. The summed E-state index contributed by atoms with van der Waals surface area (Å²) in [5.74, 6) is -0.950. The molecule has 1 fully saturated rings. The number of pyridine rings is 1. The molecule has 0 bridgehead atoms. The van der Waals surface area contributed by atoms with Crippen LogP contribution >= 0.6 is 0 Å². The van der Waals surface area contributed by atoms with Gasteiger partial charge in [0.2, 0.25) is 0 Å². The first kappa shape index (κ1) is 25.3. The third-order valence-corrected chi connectivity index (χ3v) is 5.83. The van der Waals surface area contributed by atoms with Gasteiger partial charge in [-0.3, -0.25) is 10.4 Å². The number of likely N-dealkylation sites (N-methyl/N-ethyl adjacent to an activating group) is 1. The molecule has 1 aliphatic rings. The van der Waals surface area contributed by atoms with Crippen molar-refractivity contribution in [2.75, 3.05) is 25.0 Å². The van der Waals surface area contributed by atoms with Gasteiger partial charge in [0.05, 0.1) is 18.4 Å². The number of carboxylic acid groups (broad SMARTS) is 1. The Bertz CT molecular complexity index is 1270. The Hall–Kier alpha value is -3.80. The second-order valence-corrected chi connectivity index (χ2v) is 9.74. The van der Waals surface area contributed by atoms with Crippen molar-refractivity contribution in [2.24, 2.45) is 0 Å². The average Bonchev–Trinajstić information content (AvgIpc) is 3.43. The number of hydrogen-bond acceptors (Lipinski definition) is 8. The van der Waals surface area contributed by atoms with Crippen LogP contribution < -0.4 is 10.3 Å². The Labute approximate surface area is 207 Å². The van der Waals surface area contributed by atoms with E-state index in [4.69, 9.17) is 4.74 Å². The molecule has 0 saturated carbocycles. The molecule has 36 heavy (non-hydrogen) atoms. The molecule has 0 aliphatic carbocycles. The Morgan fingerprint density at radius 3 is 2.83 bits per heavy atom. The van der Waals surface area contributed by atoms with E-state index in [9.17, 15) is 19.1 Å². The van der Waals surface area contributed by atoms with Crippen molar-refractivity contribution in [3.8, 4) is 0 Å². The second-order valence-electron chi connectivity index (χ2n) is 9.74. The van der Waals surface area contributed by atoms with Crippen LogP contribution in [0.3, 0.4) is 0 Å². The van der Waals surface area contributed by atoms with Crippen molar-refractivity contribution in [3.05, 3.63) is 53.4 Å². The van der Waals surface area contributed by atoms with E-state index < -0.39 is 23.5 Å². The Kier molecular flexibility index (Phi) is 7.07. The van der Waals surface area contributed by atoms with Gasteiger partial charge in [-0.2, -0.15) is 5.10 Å². The van der Waals surface area contributed by atoms with Crippen LogP contribution in [0.25, 0.3) is 5.65 Å². The number of halogens is 1. The third kappa shape index (κ3) is 5.70. The van der Waals surface area contributed by atoms with Gasteiger partial charge in [0.15, 0.2) is 5.65 Å². The zero-order chi connectivity index (χ0) is 26.0. The lowest BCUT2D eigenvalue weighted by molar-refractivity contribution is 0.0369. The van der Waals surface area contributed by atoms with Crippen molar-refractivity contribution in [1.82, 2.24) is 30.0 Å². The Morgan fingerprint density at radius 1 is 1.33 bits per heavy atom. The average molecular weight is 500 g/mol. The lowest BCUT2D eigenvalue weighted by atomic mass is 10.0. The number of hydrogen-bond donors (Lipinski definition) is 2. The number of nitrogens with one attached hydrogen (secondary N) is 1. The molecule has 1 atom stereocenters. The summed E-state index contributed by atoms with van der Waals surface area (Å²) in [5, 5.41) is 15.1. The molecule has 0 spiro atoms. The van der Waals surface area contributed by atoms with Gasteiger partial charge >= 0.3 is 12.1 Å². The zero-order valence-corrected chi connectivity index (χ0v) is 20.7. The van der Waals surface area contributed by atoms with E-state index in [1.807, 2.05) is 4.90 Å². The lowest BCUT2D eigenvalue weighted by Gasteiger charge is -2.28. The molecule has 0 radical (unpaired) electrons. The molecule has 3 aromatic heterocycles. The fraction of sp³-hybridized carbons (Fsp3) is 0.458. The number of anilines is 1. The highest BCUT2D eigenvalue weighted by Crippen LogP contribution is 2.37. The van der Waals surface area contributed by atoms with Gasteiger partial charge < -0.3 is 14.7 Å². The summed E-state index contributed by atoms with van der Waals surface area (Å²) in [6.45, 7) is 6.48. The molecule has 2 N–H and O–H groups in total. The smallest absolute Gasteiger partial charge is 0.422 e. The fourth-order valence-electron chi connectivity index (χ4n) is 4.30. The van der Waals surface area contributed by atoms with Crippen molar-refractivity contribution in [2.45, 2.75) is 51.7 Å². The van der Waals surface area contributed by atoms with E-state index >= 15 is 0 Å². The molecule has 1 amide bonds. The van der Waals surface area contributed by atoms with E-state index in [0.717, 1.165) is 18.4 Å². The van der Waals surface area contributed by atoms with Gasteiger partial charge in [0, 0.05) is 38.4 Å². The monoisotopic (exact) mass is 499 g/mol. The molecule has 3 aromatic rings. The van der Waals surface area contributed by atoms with Crippen LogP contribution in [0.5, 0.6) is 0 Å². The normalized spacial score (nSPS) is 16.1. The van der Waals surface area contributed by atoms with Gasteiger partial charge in [0.25, 0.3) is 0 Å². The highest BCUT2D eigenvalue weighted by atomic mass is 19.1. The first-order chi connectivity index (χ1) is 17.0. The molecule has 0 aromatic carbocycles. The quantitative estimate of drug-likeness (QED) is 0.471. The van der Waals surface area contributed by atoms with Crippen molar-refractivity contribution < 1.29 is 23.8 Å². The third-order valence-electron chi connectivity index (χ3n) is 5.83. The van der Waals surface area contributed by atoms with Crippen molar-refractivity contribution >= 4 is 23.5 Å². The van der Waals surface area contributed by atoms with Crippen molar-refractivity contribution in [1.29, 1.82) is 0 Å². The number of carbonyl (C=O) groups is 2. The second kappa shape index (κ2) is 10.1. The van der Waals surface area contributed by atoms with E-state index in [1.165, 1.54) is 23.0 Å². The lowest BCUT2D eigenvalue weighted by Crippen LogP contribution is -2.43. The number of ether oxygens (including phenoxy) is 1. The number of aromatic carboxylic acids is 1. The first-order valence-electron chi connectivity index (χ1n) is 11.7. The van der Waals surface area contributed by atoms with Crippen LogP contribution in [0.2, 0.25) is 0 Å². The van der Waals surface area contributed by atoms with E-state index in [2.05, 4.69) is 20.5 Å². The largest absolute Gasteiger partial charge is 0.477 e. The number of carbonyl (C=O) groups excluding carboxylic acids is 1. The highest BCUT2D eigenvalue weighted by molar-refractivity contribution is 5.94. The van der Waals surface area contributed by atoms with Crippen LogP contribution in [-0.2, 0) is 11.2 Å². The molecule has 4 heterocycles. The number of carboxylic acids is 1. The van der Waals surface area contributed by atoms with Gasteiger partial charge in [-0.1, -0.05) is 0 Å². The Morgan fingerprint density at radius 2 is 2.11 bits per heavy atom. The molecule has 192 valence electrons. The predicted molar refractivity (Wildman–Crippen MR) is 129 cm³/mol. The van der Waals surface area contributed by atoms with E-state index in [0.29, 0.717) is 31.0 Å². The first-order valence-corrected chi connectivity index (χ1v) is 11.7. The molecule has 11 nitrogen and oxygen atoms in total. The molecule has 12 heteroatoms. The molecular formula is C24H30FN7O4. The predicted octanol–water partition coefficient (Wildman–Crippen LogP) is 3.22. The van der Waals surface area contributed by atoms with Crippen LogP contribution in [-0.4, -0.2) is 67.5 Å². The summed E-state index contributed by atoms with van der Waals surface area (Å²) in [6, 6.07) is 3.08. The summed E-state index contributed by atoms with van der Waals surface area (Å²) < 4.78 is 21.0. The van der Waals surface area contributed by atoms with E-state index in [1.54, 1.807) is 45.1 Å². The number of aromatic nitrogens is 4. The number of amides is 1. The maximum atomic E-state index is 14.3. The number of rotatable bonds is 7. The Balaban J connectivity index is 1.54. The minimum Gasteiger partial charge on any atom is -0.477 e. The van der Waals surface area contributed by atoms with Crippen molar-refractivity contribution in [3.63, 3.8) is 0 Å². The van der Waals surface area contributed by atoms with Gasteiger partial charge in [-0.25, -0.2) is 28.5 Å². The topological polar surface area (TPSA) is 125 Å². The number of nitrogens with zero attached hydrogens (tertiary/aromatic N) is 6. The summed E-state index contributed by atoms with van der Waals surface area (Å²) in [7, 11) is 1.72. The van der Waals surface area contributed by atoms with Crippen LogP contribution in [0, 0.1) is 5.82 Å². The molecule has 1 aliphatic heterocycles. The minimum absolute atomic E-state index is 0.0150. The fourth-order valence-corrected chi connectivity index (χ4v) is 4.30. The van der Waals surface area contributed by atoms with Gasteiger partial charge in [-0.05, 0) is 51.3 Å². The zero-order valence-electron chi connectivity index (χ0n) is 20.7. The van der Waals surface area contributed by atoms with Gasteiger partial charge in [0.1, 0.15) is 22.8 Å². The maximum absolute atomic E-state index is 14.3. The molecular weight excluding hydrogens is 469 g/mol. The summed E-state index contributed by atoms with van der Waals surface area (Å²) in [4.78, 5) is 34.6. The standard InChI is InChI=1S/C24H30FN7O4/c1-24(2,3)36-23(35)29-30(4)10-7-18-16(12-15(25)13-26-18)19-6-5-9-31(19)20-8-11-32-21(28-20)17(14-27-32)22(33)34/h8,11-14,19H,5-7,9-10H2,1-4H3,(H,29,35)(H,33,34). The summed E-state index contributed by atoms with van der Waals surface area (Å²) >= 11 is 0. The van der Waals surface area contributed by atoms with Gasteiger partial charge in [-0.15, -0.1) is 0 Å². The van der Waals surface area contributed by atoms with Crippen LogP contribution in [0.4, 0.5) is 15.0 Å². The number of hydrazine groups is 1.